The number of benzene rings is 2. The molecule has 0 radical (unpaired) electrons. The number of hydrogen-bond acceptors (Lipinski definition) is 5. The van der Waals surface area contributed by atoms with Gasteiger partial charge >= 0.3 is 5.97 Å². The van der Waals surface area contributed by atoms with E-state index in [2.05, 4.69) is 30.3 Å². The van der Waals surface area contributed by atoms with E-state index in [-0.39, 0.29) is 22.7 Å². The summed E-state index contributed by atoms with van der Waals surface area (Å²) in [6, 6.07) is 18.5. The minimum atomic E-state index is -0.290. The van der Waals surface area contributed by atoms with Crippen molar-refractivity contribution < 1.29 is 9.53 Å². The zero-order valence-corrected chi connectivity index (χ0v) is 20.4. The van der Waals surface area contributed by atoms with Crippen LogP contribution in [0.3, 0.4) is 0 Å². The van der Waals surface area contributed by atoms with Gasteiger partial charge in [0.25, 0.3) is 5.56 Å². The van der Waals surface area contributed by atoms with Crippen LogP contribution >= 0.6 is 11.8 Å². The van der Waals surface area contributed by atoms with Crippen molar-refractivity contribution in [3.8, 4) is 11.3 Å². The molecule has 34 heavy (non-hydrogen) atoms. The summed E-state index contributed by atoms with van der Waals surface area (Å²) in [5.41, 5.74) is 5.13. The second-order valence-corrected chi connectivity index (χ2v) is 10.2. The van der Waals surface area contributed by atoms with Crippen LogP contribution in [0.5, 0.6) is 0 Å². The third-order valence-electron chi connectivity index (χ3n) is 7.12. The highest BCUT2D eigenvalue weighted by atomic mass is 32.2. The van der Waals surface area contributed by atoms with Gasteiger partial charge in [-0.15, -0.1) is 0 Å². The number of rotatable bonds is 7. The van der Waals surface area contributed by atoms with Gasteiger partial charge in [-0.3, -0.25) is 14.2 Å². The number of esters is 1. The van der Waals surface area contributed by atoms with Gasteiger partial charge in [-0.2, -0.15) is 0 Å². The topological polar surface area (TPSA) is 61.2 Å². The maximum atomic E-state index is 14.2. The lowest BCUT2D eigenvalue weighted by atomic mass is 9.68. The maximum Gasteiger partial charge on any atom is 0.316 e. The molecule has 0 bridgehead atoms. The predicted molar refractivity (Wildman–Crippen MR) is 135 cm³/mol. The third kappa shape index (κ3) is 4.31. The van der Waals surface area contributed by atoms with Crippen LogP contribution in [-0.4, -0.2) is 27.9 Å². The Balaban J connectivity index is 1.62. The minimum Gasteiger partial charge on any atom is -0.465 e. The molecule has 0 amide bonds. The third-order valence-corrected chi connectivity index (χ3v) is 8.07. The molecular formula is C28H30N2O3S. The van der Waals surface area contributed by atoms with E-state index in [9.17, 15) is 9.59 Å². The quantitative estimate of drug-likeness (QED) is 0.268. The monoisotopic (exact) mass is 474 g/mol. The number of carbonyl (C=O) groups excluding carboxylic acids is 1. The van der Waals surface area contributed by atoms with Crippen LogP contribution < -0.4 is 5.56 Å². The van der Waals surface area contributed by atoms with Crippen molar-refractivity contribution in [3.05, 3.63) is 81.6 Å². The predicted octanol–water partition coefficient (Wildman–Crippen LogP) is 5.18. The van der Waals surface area contributed by atoms with Crippen LogP contribution in [-0.2, 0) is 34.3 Å². The van der Waals surface area contributed by atoms with Crippen molar-refractivity contribution >= 4 is 17.7 Å². The zero-order chi connectivity index (χ0) is 23.5. The van der Waals surface area contributed by atoms with Crippen LogP contribution in [0.4, 0.5) is 0 Å². The molecule has 1 heterocycles. The van der Waals surface area contributed by atoms with Gasteiger partial charge in [0, 0.05) is 17.5 Å². The summed E-state index contributed by atoms with van der Waals surface area (Å²) in [6.07, 6.45) is 5.98. The Hall–Kier alpha value is -2.86. The number of nitrogens with zero attached hydrogens (tertiary/aromatic N) is 2. The second-order valence-electron chi connectivity index (χ2n) is 9.23. The van der Waals surface area contributed by atoms with E-state index in [0.717, 1.165) is 55.3 Å². The lowest BCUT2D eigenvalue weighted by Gasteiger charge is -2.36. The molecule has 176 valence electrons. The molecule has 1 aromatic heterocycles. The van der Waals surface area contributed by atoms with E-state index in [1.807, 2.05) is 28.8 Å². The first-order valence-corrected chi connectivity index (χ1v) is 13.2. The van der Waals surface area contributed by atoms with Gasteiger partial charge in [0.1, 0.15) is 0 Å². The summed E-state index contributed by atoms with van der Waals surface area (Å²) >= 11 is 1.30. The zero-order valence-electron chi connectivity index (χ0n) is 19.6. The number of fused-ring (bicyclic) bond motifs is 4. The van der Waals surface area contributed by atoms with E-state index in [0.29, 0.717) is 18.3 Å². The molecule has 0 aliphatic heterocycles. The fourth-order valence-corrected chi connectivity index (χ4v) is 6.38. The molecule has 2 aromatic carbocycles. The largest absolute Gasteiger partial charge is 0.465 e. The molecular weight excluding hydrogens is 444 g/mol. The lowest BCUT2D eigenvalue weighted by molar-refractivity contribution is -0.139. The van der Waals surface area contributed by atoms with Crippen LogP contribution in [0.25, 0.3) is 11.3 Å². The summed E-state index contributed by atoms with van der Waals surface area (Å²) in [7, 11) is 0. The van der Waals surface area contributed by atoms with Crippen LogP contribution in [0, 0.1) is 0 Å². The van der Waals surface area contributed by atoms with Gasteiger partial charge in [-0.25, -0.2) is 4.98 Å². The molecule has 2 aliphatic carbocycles. The van der Waals surface area contributed by atoms with Gasteiger partial charge in [-0.05, 0) is 43.7 Å². The van der Waals surface area contributed by atoms with Gasteiger partial charge in [-0.1, -0.05) is 79.2 Å². The van der Waals surface area contributed by atoms with Crippen LogP contribution in [0.1, 0.15) is 49.3 Å². The van der Waals surface area contributed by atoms with Crippen molar-refractivity contribution in [2.75, 3.05) is 12.4 Å². The Kier molecular flexibility index (Phi) is 6.59. The summed E-state index contributed by atoms with van der Waals surface area (Å²) in [5, 5.41) is 0.595. The van der Waals surface area contributed by atoms with Crippen molar-refractivity contribution in [1.29, 1.82) is 0 Å². The van der Waals surface area contributed by atoms with Crippen molar-refractivity contribution in [2.24, 2.45) is 0 Å². The van der Waals surface area contributed by atoms with E-state index >= 15 is 0 Å². The smallest absolute Gasteiger partial charge is 0.316 e. The summed E-state index contributed by atoms with van der Waals surface area (Å²) < 4.78 is 6.94. The molecule has 1 fully saturated rings. The Labute approximate surface area is 204 Å². The first kappa shape index (κ1) is 22.9. The molecule has 1 saturated carbocycles. The minimum absolute atomic E-state index is 0.0590. The Morgan fingerprint density at radius 1 is 1.09 bits per heavy atom. The van der Waals surface area contributed by atoms with Gasteiger partial charge in [0.05, 0.1) is 23.6 Å². The fourth-order valence-electron chi connectivity index (χ4n) is 5.56. The number of aryl methyl sites for hydroxylation is 1. The number of aromatic nitrogens is 2. The van der Waals surface area contributed by atoms with Crippen molar-refractivity contribution in [1.82, 2.24) is 9.55 Å². The average Bonchev–Trinajstić information content (AvgIpc) is 3.31. The average molecular weight is 475 g/mol. The van der Waals surface area contributed by atoms with E-state index < -0.39 is 0 Å². The fraction of sp³-hybridized carbons (Fsp3) is 0.393. The molecule has 5 nitrogen and oxygen atoms in total. The molecule has 0 unspecified atom stereocenters. The lowest BCUT2D eigenvalue weighted by Crippen LogP contribution is -2.40. The highest BCUT2D eigenvalue weighted by Gasteiger charge is 2.44. The Morgan fingerprint density at radius 3 is 2.59 bits per heavy atom. The van der Waals surface area contributed by atoms with Gasteiger partial charge < -0.3 is 4.74 Å². The maximum absolute atomic E-state index is 14.2. The summed E-state index contributed by atoms with van der Waals surface area (Å²) in [4.78, 5) is 31.4. The molecule has 6 heteroatoms. The number of carbonyl (C=O) groups is 1. The first-order valence-electron chi connectivity index (χ1n) is 12.2. The second kappa shape index (κ2) is 9.79. The SMILES string of the molecule is CCOC(=O)CSc1nc2c(c(=O)n1CCc1ccccc1)C1(CCCC1)Cc1ccccc1-2. The Bertz CT molecular complexity index is 1250. The van der Waals surface area contributed by atoms with Crippen LogP contribution in [0.15, 0.2) is 64.5 Å². The van der Waals surface area contributed by atoms with E-state index in [1.54, 1.807) is 6.92 Å². The Morgan fingerprint density at radius 2 is 1.82 bits per heavy atom. The summed E-state index contributed by atoms with van der Waals surface area (Å²) in [6.45, 7) is 2.67. The number of hydrogen-bond donors (Lipinski definition) is 0. The number of ether oxygens (including phenoxy) is 1. The van der Waals surface area contributed by atoms with Gasteiger partial charge in [0.15, 0.2) is 5.16 Å². The molecule has 2 aliphatic rings. The summed E-state index contributed by atoms with van der Waals surface area (Å²) in [5.74, 6) is -0.154. The molecule has 5 rings (SSSR count). The number of thioether (sulfide) groups is 1. The molecule has 0 atom stereocenters. The standard InChI is InChI=1S/C28H30N2O3S/c1-2-33-23(31)19-34-27-29-25-22-13-7-6-12-21(22)18-28(15-8-9-16-28)24(25)26(32)30(27)17-14-20-10-4-3-5-11-20/h3-7,10-13H,2,8-9,14-19H2,1H3. The normalized spacial score (nSPS) is 15.7. The molecule has 1 spiro atoms. The highest BCUT2D eigenvalue weighted by Crippen LogP contribution is 2.49. The molecule has 0 N–H and O–H groups in total. The van der Waals surface area contributed by atoms with E-state index in [1.165, 1.54) is 22.9 Å². The van der Waals surface area contributed by atoms with Crippen LogP contribution in [0.2, 0.25) is 0 Å². The molecule has 0 saturated heterocycles. The van der Waals surface area contributed by atoms with Gasteiger partial charge in [0.2, 0.25) is 0 Å². The molecule has 3 aromatic rings. The van der Waals surface area contributed by atoms with Crippen molar-refractivity contribution in [3.63, 3.8) is 0 Å². The highest BCUT2D eigenvalue weighted by molar-refractivity contribution is 7.99. The first-order chi connectivity index (χ1) is 16.6. The van der Waals surface area contributed by atoms with Crippen molar-refractivity contribution in [2.45, 2.75) is 62.6 Å². The van der Waals surface area contributed by atoms with E-state index in [4.69, 9.17) is 9.72 Å².